The van der Waals surface area contributed by atoms with Crippen LogP contribution in [0.15, 0.2) is 17.1 Å². The fourth-order valence-corrected chi connectivity index (χ4v) is 1.06. The lowest BCUT2D eigenvalue weighted by Gasteiger charge is -2.03. The van der Waals surface area contributed by atoms with Crippen LogP contribution in [0.25, 0.3) is 0 Å². The molecule has 0 saturated carbocycles. The van der Waals surface area contributed by atoms with E-state index < -0.39 is 17.4 Å². The molecule has 0 spiro atoms. The van der Waals surface area contributed by atoms with Crippen molar-refractivity contribution in [2.24, 2.45) is 0 Å². The molecule has 0 atom stereocenters. The fraction of sp³-hybridized carbons (Fsp3) is 0.222. The molecule has 1 aromatic heterocycles. The summed E-state index contributed by atoms with van der Waals surface area (Å²) in [5.74, 6) is -1.42. The number of carbonyl (C=O) groups excluding carboxylic acids is 2. The van der Waals surface area contributed by atoms with E-state index in [0.29, 0.717) is 0 Å². The zero-order valence-corrected chi connectivity index (χ0v) is 9.13. The Morgan fingerprint density at radius 3 is 2.81 bits per heavy atom. The summed E-state index contributed by atoms with van der Waals surface area (Å²) >= 11 is 5.27. The van der Waals surface area contributed by atoms with E-state index in [1.165, 1.54) is 19.4 Å². The van der Waals surface area contributed by atoms with Crippen LogP contribution >= 0.6 is 11.6 Å². The molecule has 86 valence electrons. The molecule has 0 saturated heterocycles. The van der Waals surface area contributed by atoms with Crippen LogP contribution in [0.1, 0.15) is 10.4 Å². The van der Waals surface area contributed by atoms with Gasteiger partial charge in [0, 0.05) is 6.20 Å². The maximum absolute atomic E-state index is 11.3. The smallest absolute Gasteiger partial charge is 0.339 e. The zero-order chi connectivity index (χ0) is 12.1. The molecule has 0 aliphatic rings. The first-order valence-electron chi connectivity index (χ1n) is 4.25. The summed E-state index contributed by atoms with van der Waals surface area (Å²) in [5, 5.41) is 2.26. The van der Waals surface area contributed by atoms with Gasteiger partial charge in [0.25, 0.3) is 5.56 Å². The average Bonchev–Trinajstić information content (AvgIpc) is 2.30. The summed E-state index contributed by atoms with van der Waals surface area (Å²) in [6.07, 6.45) is 1.20. The number of carbonyl (C=O) groups is 2. The van der Waals surface area contributed by atoms with E-state index >= 15 is 0 Å². The van der Waals surface area contributed by atoms with Crippen LogP contribution in [0.3, 0.4) is 0 Å². The summed E-state index contributed by atoms with van der Waals surface area (Å²) < 4.78 is 4.46. The molecule has 1 rings (SSSR count). The van der Waals surface area contributed by atoms with Gasteiger partial charge in [0.2, 0.25) is 5.91 Å². The number of esters is 1. The van der Waals surface area contributed by atoms with E-state index in [2.05, 4.69) is 15.0 Å². The van der Waals surface area contributed by atoms with Gasteiger partial charge < -0.3 is 15.0 Å². The largest absolute Gasteiger partial charge is 0.465 e. The van der Waals surface area contributed by atoms with E-state index in [1.54, 1.807) is 0 Å². The third kappa shape index (κ3) is 2.83. The third-order valence-electron chi connectivity index (χ3n) is 1.72. The molecular weight excluding hydrogens is 236 g/mol. The number of aromatic amines is 1. The van der Waals surface area contributed by atoms with Crippen LogP contribution in [0.2, 0.25) is 0 Å². The van der Waals surface area contributed by atoms with Crippen LogP contribution < -0.4 is 10.9 Å². The molecule has 0 fully saturated rings. The summed E-state index contributed by atoms with van der Waals surface area (Å²) in [7, 11) is 1.21. The number of rotatable bonds is 3. The molecule has 1 aromatic rings. The Balaban J connectivity index is 3.04. The number of hydrogen-bond donors (Lipinski definition) is 2. The van der Waals surface area contributed by atoms with Gasteiger partial charge in [-0.05, 0) is 6.07 Å². The normalized spacial score (nSPS) is 9.62. The number of alkyl halides is 1. The molecule has 0 aromatic carbocycles. The van der Waals surface area contributed by atoms with Crippen molar-refractivity contribution >= 4 is 29.2 Å². The second-order valence-electron chi connectivity index (χ2n) is 2.80. The highest BCUT2D eigenvalue weighted by Crippen LogP contribution is 2.05. The number of methoxy groups -OCH3 is 1. The number of nitrogens with one attached hydrogen (secondary N) is 2. The summed E-state index contributed by atoms with van der Waals surface area (Å²) in [6.45, 7) is 0. The van der Waals surface area contributed by atoms with Crippen molar-refractivity contribution in [2.75, 3.05) is 18.3 Å². The van der Waals surface area contributed by atoms with Crippen molar-refractivity contribution in [3.05, 3.63) is 28.2 Å². The Morgan fingerprint density at radius 1 is 1.56 bits per heavy atom. The number of anilines is 1. The molecular formula is C9H9ClN2O4. The Morgan fingerprint density at radius 2 is 2.25 bits per heavy atom. The van der Waals surface area contributed by atoms with Crippen LogP contribution in [-0.4, -0.2) is 29.9 Å². The molecule has 16 heavy (non-hydrogen) atoms. The number of halogens is 1. The van der Waals surface area contributed by atoms with Crippen LogP contribution in [-0.2, 0) is 9.53 Å². The standard InChI is InChI=1S/C9H9ClN2O4/c1-16-9(15)5-2-6(8(14)11-4-5)12-7(13)3-10/h2,4H,3H2,1H3,(H,11,14)(H,12,13). The highest BCUT2D eigenvalue weighted by Gasteiger charge is 2.10. The van der Waals surface area contributed by atoms with E-state index in [0.717, 1.165) is 0 Å². The monoisotopic (exact) mass is 244 g/mol. The van der Waals surface area contributed by atoms with E-state index in [4.69, 9.17) is 11.6 Å². The first kappa shape index (κ1) is 12.3. The third-order valence-corrected chi connectivity index (χ3v) is 1.96. The van der Waals surface area contributed by atoms with Gasteiger partial charge in [-0.15, -0.1) is 11.6 Å². The SMILES string of the molecule is COC(=O)c1c[nH]c(=O)c(NC(=O)CCl)c1. The average molecular weight is 245 g/mol. The lowest BCUT2D eigenvalue weighted by atomic mass is 10.2. The molecule has 0 aliphatic carbocycles. The van der Waals surface area contributed by atoms with Crippen LogP contribution in [0, 0.1) is 0 Å². The van der Waals surface area contributed by atoms with E-state index in [-0.39, 0.29) is 17.1 Å². The summed E-state index contributed by atoms with van der Waals surface area (Å²) in [4.78, 5) is 35.7. The number of ether oxygens (including phenoxy) is 1. The Bertz CT molecular complexity index is 469. The predicted molar refractivity (Wildman–Crippen MR) is 57.8 cm³/mol. The first-order valence-corrected chi connectivity index (χ1v) is 4.78. The maximum Gasteiger partial charge on any atom is 0.339 e. The van der Waals surface area contributed by atoms with E-state index in [9.17, 15) is 14.4 Å². The quantitative estimate of drug-likeness (QED) is 0.593. The minimum Gasteiger partial charge on any atom is -0.465 e. The van der Waals surface area contributed by atoms with Crippen molar-refractivity contribution in [1.82, 2.24) is 4.98 Å². The molecule has 2 N–H and O–H groups in total. The van der Waals surface area contributed by atoms with Gasteiger partial charge >= 0.3 is 5.97 Å². The van der Waals surface area contributed by atoms with Gasteiger partial charge in [0.15, 0.2) is 0 Å². The van der Waals surface area contributed by atoms with Crippen molar-refractivity contribution in [3.8, 4) is 0 Å². The Hall–Kier alpha value is -1.82. The second kappa shape index (κ2) is 5.32. The van der Waals surface area contributed by atoms with Gasteiger partial charge in [-0.3, -0.25) is 9.59 Å². The minimum atomic E-state index is -0.613. The molecule has 1 amide bonds. The highest BCUT2D eigenvalue weighted by atomic mass is 35.5. The molecule has 6 nitrogen and oxygen atoms in total. The van der Waals surface area contributed by atoms with Gasteiger partial charge in [-0.25, -0.2) is 4.79 Å². The summed E-state index contributed by atoms with van der Waals surface area (Å²) in [6, 6.07) is 1.22. The van der Waals surface area contributed by atoms with Crippen molar-refractivity contribution < 1.29 is 14.3 Å². The number of H-pyrrole nitrogens is 1. The van der Waals surface area contributed by atoms with Crippen molar-refractivity contribution in [1.29, 1.82) is 0 Å². The molecule has 0 aliphatic heterocycles. The Labute approximate surface area is 95.6 Å². The van der Waals surface area contributed by atoms with Gasteiger partial charge in [-0.1, -0.05) is 0 Å². The number of pyridine rings is 1. The second-order valence-corrected chi connectivity index (χ2v) is 3.07. The maximum atomic E-state index is 11.3. The Kier molecular flexibility index (Phi) is 4.07. The summed E-state index contributed by atoms with van der Waals surface area (Å²) in [5.41, 5.74) is -0.438. The number of hydrogen-bond acceptors (Lipinski definition) is 4. The fourth-order valence-electron chi connectivity index (χ4n) is 0.996. The van der Waals surface area contributed by atoms with Crippen LogP contribution in [0.5, 0.6) is 0 Å². The molecule has 0 unspecified atom stereocenters. The molecule has 0 bridgehead atoms. The lowest BCUT2D eigenvalue weighted by Crippen LogP contribution is -2.21. The molecule has 1 heterocycles. The first-order chi connectivity index (χ1) is 7.58. The topological polar surface area (TPSA) is 88.3 Å². The zero-order valence-electron chi connectivity index (χ0n) is 8.37. The van der Waals surface area contributed by atoms with Crippen molar-refractivity contribution in [2.45, 2.75) is 0 Å². The molecule has 0 radical (unpaired) electrons. The van der Waals surface area contributed by atoms with Crippen molar-refractivity contribution in [3.63, 3.8) is 0 Å². The number of amides is 1. The van der Waals surface area contributed by atoms with Crippen LogP contribution in [0.4, 0.5) is 5.69 Å². The van der Waals surface area contributed by atoms with E-state index in [1.807, 2.05) is 0 Å². The number of aromatic nitrogens is 1. The highest BCUT2D eigenvalue weighted by molar-refractivity contribution is 6.29. The predicted octanol–water partition coefficient (Wildman–Crippen LogP) is 0.339. The van der Waals surface area contributed by atoms with Gasteiger partial charge in [0.1, 0.15) is 11.6 Å². The lowest BCUT2D eigenvalue weighted by molar-refractivity contribution is -0.113. The van der Waals surface area contributed by atoms with Gasteiger partial charge in [-0.2, -0.15) is 0 Å². The van der Waals surface area contributed by atoms with Gasteiger partial charge in [0.05, 0.1) is 12.7 Å². The molecule has 7 heteroatoms. The minimum absolute atomic E-state index is 0.0476.